The maximum absolute atomic E-state index is 5.35. The highest BCUT2D eigenvalue weighted by Crippen LogP contribution is 2.18. The standard InChI is InChI=1S/C10H15NO2/c1-12-7-5-11-4-2-10-9(8-11)3-6-13-10/h3,6H,2,4-5,7-8H2,1H3. The van der Waals surface area contributed by atoms with Crippen molar-refractivity contribution in [2.24, 2.45) is 0 Å². The van der Waals surface area contributed by atoms with Gasteiger partial charge in [0.15, 0.2) is 0 Å². The monoisotopic (exact) mass is 181 g/mol. The van der Waals surface area contributed by atoms with Gasteiger partial charge < -0.3 is 9.15 Å². The Labute approximate surface area is 78.3 Å². The Kier molecular flexibility index (Phi) is 2.66. The zero-order valence-corrected chi connectivity index (χ0v) is 7.95. The number of hydrogen-bond donors (Lipinski definition) is 0. The van der Waals surface area contributed by atoms with Crippen molar-refractivity contribution in [3.63, 3.8) is 0 Å². The van der Waals surface area contributed by atoms with E-state index >= 15 is 0 Å². The third kappa shape index (κ3) is 1.92. The highest BCUT2D eigenvalue weighted by atomic mass is 16.5. The number of ether oxygens (including phenoxy) is 1. The summed E-state index contributed by atoms with van der Waals surface area (Å²) in [4.78, 5) is 2.39. The van der Waals surface area contributed by atoms with Crippen molar-refractivity contribution in [2.45, 2.75) is 13.0 Å². The number of fused-ring (bicyclic) bond motifs is 1. The fourth-order valence-corrected chi connectivity index (χ4v) is 1.72. The molecule has 0 bridgehead atoms. The Morgan fingerprint density at radius 3 is 3.38 bits per heavy atom. The van der Waals surface area contributed by atoms with Gasteiger partial charge in [0.2, 0.25) is 0 Å². The number of furan rings is 1. The predicted octanol–water partition coefficient (Wildman–Crippen LogP) is 1.28. The molecular formula is C10H15NO2. The van der Waals surface area contributed by atoms with Gasteiger partial charge in [-0.05, 0) is 6.07 Å². The van der Waals surface area contributed by atoms with Crippen molar-refractivity contribution in [3.8, 4) is 0 Å². The molecule has 0 fully saturated rings. The van der Waals surface area contributed by atoms with Crippen molar-refractivity contribution in [2.75, 3.05) is 26.8 Å². The van der Waals surface area contributed by atoms with Crippen LogP contribution in [0.25, 0.3) is 0 Å². The van der Waals surface area contributed by atoms with Gasteiger partial charge in [-0.2, -0.15) is 0 Å². The summed E-state index contributed by atoms with van der Waals surface area (Å²) in [5.74, 6) is 1.16. The first-order valence-electron chi connectivity index (χ1n) is 4.66. The van der Waals surface area contributed by atoms with Gasteiger partial charge in [-0.3, -0.25) is 4.90 Å². The molecule has 0 spiro atoms. The Bertz CT molecular complexity index is 270. The Morgan fingerprint density at radius 2 is 2.54 bits per heavy atom. The van der Waals surface area contributed by atoms with Crippen LogP contribution in [0.2, 0.25) is 0 Å². The van der Waals surface area contributed by atoms with Gasteiger partial charge in [0, 0.05) is 38.7 Å². The smallest absolute Gasteiger partial charge is 0.109 e. The van der Waals surface area contributed by atoms with Gasteiger partial charge in [0.25, 0.3) is 0 Å². The molecule has 1 aliphatic rings. The van der Waals surface area contributed by atoms with Crippen LogP contribution in [0.15, 0.2) is 16.7 Å². The molecule has 13 heavy (non-hydrogen) atoms. The summed E-state index contributed by atoms with van der Waals surface area (Å²) in [6.45, 7) is 3.92. The van der Waals surface area contributed by atoms with E-state index in [1.807, 2.05) is 0 Å². The number of nitrogens with zero attached hydrogens (tertiary/aromatic N) is 1. The molecule has 1 aliphatic heterocycles. The van der Waals surface area contributed by atoms with Crippen LogP contribution >= 0.6 is 0 Å². The summed E-state index contributed by atoms with van der Waals surface area (Å²) in [5.41, 5.74) is 1.34. The van der Waals surface area contributed by atoms with E-state index < -0.39 is 0 Å². The highest BCUT2D eigenvalue weighted by Gasteiger charge is 2.17. The second-order valence-electron chi connectivity index (χ2n) is 3.39. The van der Waals surface area contributed by atoms with E-state index in [1.165, 1.54) is 5.56 Å². The van der Waals surface area contributed by atoms with Crippen LogP contribution in [-0.2, 0) is 17.7 Å². The van der Waals surface area contributed by atoms with E-state index in [1.54, 1.807) is 13.4 Å². The largest absolute Gasteiger partial charge is 0.469 e. The molecule has 0 aromatic carbocycles. The molecule has 1 aromatic heterocycles. The van der Waals surface area contributed by atoms with Crippen LogP contribution < -0.4 is 0 Å². The van der Waals surface area contributed by atoms with Crippen LogP contribution in [0.5, 0.6) is 0 Å². The molecule has 2 rings (SSSR count). The average Bonchev–Trinajstić information content (AvgIpc) is 2.61. The quantitative estimate of drug-likeness (QED) is 0.702. The molecule has 0 aliphatic carbocycles. The fraction of sp³-hybridized carbons (Fsp3) is 0.600. The summed E-state index contributed by atoms with van der Waals surface area (Å²) >= 11 is 0. The SMILES string of the molecule is COCCN1CCc2occc2C1. The molecular weight excluding hydrogens is 166 g/mol. The second-order valence-corrected chi connectivity index (χ2v) is 3.39. The van der Waals surface area contributed by atoms with E-state index in [-0.39, 0.29) is 0 Å². The minimum Gasteiger partial charge on any atom is -0.469 e. The number of methoxy groups -OCH3 is 1. The Morgan fingerprint density at radius 1 is 1.62 bits per heavy atom. The lowest BCUT2D eigenvalue weighted by molar-refractivity contribution is 0.138. The lowest BCUT2D eigenvalue weighted by atomic mass is 10.1. The van der Waals surface area contributed by atoms with Gasteiger partial charge in [0.1, 0.15) is 5.76 Å². The molecule has 0 N–H and O–H groups in total. The van der Waals surface area contributed by atoms with Crippen LogP contribution in [0.4, 0.5) is 0 Å². The number of hydrogen-bond acceptors (Lipinski definition) is 3. The second kappa shape index (κ2) is 3.94. The average molecular weight is 181 g/mol. The topological polar surface area (TPSA) is 25.6 Å². The zero-order valence-electron chi connectivity index (χ0n) is 7.95. The van der Waals surface area contributed by atoms with E-state index in [9.17, 15) is 0 Å². The third-order valence-corrected chi connectivity index (χ3v) is 2.50. The molecule has 1 aromatic rings. The molecule has 0 amide bonds. The first-order chi connectivity index (χ1) is 6.40. The third-order valence-electron chi connectivity index (χ3n) is 2.50. The molecule has 3 nitrogen and oxygen atoms in total. The first kappa shape index (κ1) is 8.78. The molecule has 0 radical (unpaired) electrons. The van der Waals surface area contributed by atoms with Crippen molar-refractivity contribution < 1.29 is 9.15 Å². The lowest BCUT2D eigenvalue weighted by Gasteiger charge is -2.25. The van der Waals surface area contributed by atoms with Crippen LogP contribution in [0.3, 0.4) is 0 Å². The number of rotatable bonds is 3. The van der Waals surface area contributed by atoms with E-state index in [4.69, 9.17) is 9.15 Å². The van der Waals surface area contributed by atoms with E-state index in [0.717, 1.165) is 38.4 Å². The predicted molar refractivity (Wildman–Crippen MR) is 49.6 cm³/mol. The molecule has 0 unspecified atom stereocenters. The normalized spacial score (nSPS) is 17.3. The zero-order chi connectivity index (χ0) is 9.10. The van der Waals surface area contributed by atoms with Gasteiger partial charge >= 0.3 is 0 Å². The van der Waals surface area contributed by atoms with Crippen molar-refractivity contribution in [1.29, 1.82) is 0 Å². The molecule has 0 atom stereocenters. The maximum Gasteiger partial charge on any atom is 0.109 e. The van der Waals surface area contributed by atoms with E-state index in [0.29, 0.717) is 0 Å². The summed E-state index contributed by atoms with van der Waals surface area (Å²) in [7, 11) is 1.74. The fourth-order valence-electron chi connectivity index (χ4n) is 1.72. The molecule has 0 saturated heterocycles. The first-order valence-corrected chi connectivity index (χ1v) is 4.66. The Balaban J connectivity index is 1.93. The van der Waals surface area contributed by atoms with Gasteiger partial charge in [-0.15, -0.1) is 0 Å². The van der Waals surface area contributed by atoms with Crippen molar-refractivity contribution in [1.82, 2.24) is 4.90 Å². The van der Waals surface area contributed by atoms with Crippen molar-refractivity contribution in [3.05, 3.63) is 23.7 Å². The summed E-state index contributed by atoms with van der Waals surface area (Å²) in [5, 5.41) is 0. The summed E-state index contributed by atoms with van der Waals surface area (Å²) < 4.78 is 10.4. The molecule has 3 heteroatoms. The molecule has 72 valence electrons. The highest BCUT2D eigenvalue weighted by molar-refractivity contribution is 5.19. The van der Waals surface area contributed by atoms with Gasteiger partial charge in [-0.1, -0.05) is 0 Å². The van der Waals surface area contributed by atoms with Crippen LogP contribution in [0, 0.1) is 0 Å². The summed E-state index contributed by atoms with van der Waals surface area (Å²) in [6, 6.07) is 2.06. The lowest BCUT2D eigenvalue weighted by Crippen LogP contribution is -2.32. The van der Waals surface area contributed by atoms with E-state index in [2.05, 4.69) is 11.0 Å². The molecule has 2 heterocycles. The van der Waals surface area contributed by atoms with Crippen LogP contribution in [0.1, 0.15) is 11.3 Å². The minimum atomic E-state index is 0.813. The molecule has 0 saturated carbocycles. The minimum absolute atomic E-state index is 0.813. The van der Waals surface area contributed by atoms with Gasteiger partial charge in [0.05, 0.1) is 12.9 Å². The maximum atomic E-state index is 5.35. The van der Waals surface area contributed by atoms with Crippen LogP contribution in [-0.4, -0.2) is 31.7 Å². The van der Waals surface area contributed by atoms with Gasteiger partial charge in [-0.25, -0.2) is 0 Å². The summed E-state index contributed by atoms with van der Waals surface area (Å²) in [6.07, 6.45) is 2.82. The van der Waals surface area contributed by atoms with Crippen molar-refractivity contribution >= 4 is 0 Å². The Hall–Kier alpha value is -0.800.